The highest BCUT2D eigenvalue weighted by molar-refractivity contribution is 7.95. The van der Waals surface area contributed by atoms with Crippen molar-refractivity contribution in [1.82, 2.24) is 4.72 Å². The first-order valence-electron chi connectivity index (χ1n) is 5.12. The number of hydrogen-bond donors (Lipinski definition) is 2. The number of sulfone groups is 1. The number of sulfonamides is 1. The predicted molar refractivity (Wildman–Crippen MR) is 62.0 cm³/mol. The molecule has 0 aromatic carbocycles. The lowest BCUT2D eigenvalue weighted by atomic mass is 10.3. The van der Waals surface area contributed by atoms with Crippen molar-refractivity contribution in [2.24, 2.45) is 0 Å². The molecule has 0 spiro atoms. The number of methoxy groups -OCH3 is 1. The summed E-state index contributed by atoms with van der Waals surface area (Å²) in [6.07, 6.45) is -0.0169. The number of aliphatic hydroxyl groups excluding tert-OH is 1. The van der Waals surface area contributed by atoms with Crippen molar-refractivity contribution in [3.63, 3.8) is 0 Å². The molecule has 0 bridgehead atoms. The fraction of sp³-hybridized carbons (Fsp3) is 0.875. The van der Waals surface area contributed by atoms with Gasteiger partial charge in [-0.1, -0.05) is 0 Å². The van der Waals surface area contributed by atoms with Crippen LogP contribution in [0, 0.1) is 0 Å². The molecule has 2 atom stereocenters. The predicted octanol–water partition coefficient (Wildman–Crippen LogP) is -2.37. The highest BCUT2D eigenvalue weighted by Gasteiger charge is 2.39. The Hall–Kier alpha value is -0.710. The first-order chi connectivity index (χ1) is 8.22. The maximum atomic E-state index is 11.8. The largest absolute Gasteiger partial charge is 0.468 e. The summed E-state index contributed by atoms with van der Waals surface area (Å²) in [6, 6.07) is -1.41. The zero-order valence-corrected chi connectivity index (χ0v) is 11.3. The molecule has 0 aromatic rings. The van der Waals surface area contributed by atoms with E-state index in [1.807, 2.05) is 4.72 Å². The standard InChI is InChI=1S/C8H15NO7S2/c1-16-8(11)7(4-10)9-18(14,15)6-2-3-17(12,13)5-6/h6-7,9-10H,2-5H2,1H3. The Balaban J connectivity index is 2.79. The van der Waals surface area contributed by atoms with Gasteiger partial charge in [-0.05, 0) is 6.42 Å². The van der Waals surface area contributed by atoms with Crippen molar-refractivity contribution in [1.29, 1.82) is 0 Å². The fourth-order valence-corrected chi connectivity index (χ4v) is 5.82. The quantitative estimate of drug-likeness (QED) is 0.543. The molecule has 0 radical (unpaired) electrons. The van der Waals surface area contributed by atoms with Crippen molar-refractivity contribution in [2.45, 2.75) is 17.7 Å². The smallest absolute Gasteiger partial charge is 0.326 e. The SMILES string of the molecule is COC(=O)C(CO)NS(=O)(=O)C1CCS(=O)(=O)C1. The molecule has 106 valence electrons. The Labute approximate surface area is 105 Å². The van der Waals surface area contributed by atoms with E-state index >= 15 is 0 Å². The number of hydrogen-bond acceptors (Lipinski definition) is 7. The monoisotopic (exact) mass is 301 g/mol. The van der Waals surface area contributed by atoms with Crippen LogP contribution in [0.15, 0.2) is 0 Å². The van der Waals surface area contributed by atoms with Gasteiger partial charge in [0.2, 0.25) is 10.0 Å². The molecular weight excluding hydrogens is 286 g/mol. The lowest BCUT2D eigenvalue weighted by molar-refractivity contribution is -0.143. The van der Waals surface area contributed by atoms with Gasteiger partial charge in [-0.2, -0.15) is 4.72 Å². The lowest BCUT2D eigenvalue weighted by Gasteiger charge is -2.16. The third kappa shape index (κ3) is 3.64. The minimum Gasteiger partial charge on any atom is -0.468 e. The van der Waals surface area contributed by atoms with E-state index in [0.29, 0.717) is 0 Å². The van der Waals surface area contributed by atoms with E-state index in [4.69, 9.17) is 5.11 Å². The van der Waals surface area contributed by atoms with Gasteiger partial charge in [-0.25, -0.2) is 16.8 Å². The molecule has 0 aromatic heterocycles. The van der Waals surface area contributed by atoms with Crippen LogP contribution in [0.3, 0.4) is 0 Å². The maximum absolute atomic E-state index is 11.8. The van der Waals surface area contributed by atoms with Gasteiger partial charge >= 0.3 is 5.97 Å². The summed E-state index contributed by atoms with van der Waals surface area (Å²) in [5.41, 5.74) is 0. The molecule has 1 fully saturated rings. The second-order valence-corrected chi connectivity index (χ2v) is 8.17. The van der Waals surface area contributed by atoms with Crippen LogP contribution in [0.2, 0.25) is 0 Å². The van der Waals surface area contributed by atoms with Gasteiger partial charge in [0.25, 0.3) is 0 Å². The Bertz CT molecular complexity index is 510. The van der Waals surface area contributed by atoms with E-state index in [9.17, 15) is 21.6 Å². The van der Waals surface area contributed by atoms with Crippen LogP contribution in [-0.4, -0.2) is 64.4 Å². The van der Waals surface area contributed by atoms with Crippen LogP contribution in [0.25, 0.3) is 0 Å². The molecule has 18 heavy (non-hydrogen) atoms. The number of esters is 1. The van der Waals surface area contributed by atoms with Crippen LogP contribution in [-0.2, 0) is 29.4 Å². The van der Waals surface area contributed by atoms with E-state index in [-0.39, 0.29) is 12.2 Å². The zero-order chi connectivity index (χ0) is 14.0. The molecule has 10 heteroatoms. The van der Waals surface area contributed by atoms with Crippen LogP contribution >= 0.6 is 0 Å². The highest BCUT2D eigenvalue weighted by atomic mass is 32.2. The Morgan fingerprint density at radius 1 is 1.56 bits per heavy atom. The summed E-state index contributed by atoms with van der Waals surface area (Å²) in [6.45, 7) is -0.759. The molecule has 1 saturated heterocycles. The Morgan fingerprint density at radius 2 is 2.17 bits per heavy atom. The normalized spacial score (nSPS) is 24.7. The first kappa shape index (κ1) is 15.3. The summed E-state index contributed by atoms with van der Waals surface area (Å²) < 4.78 is 52.3. The van der Waals surface area contributed by atoms with Gasteiger partial charge in [0.1, 0.15) is 6.04 Å². The summed E-state index contributed by atoms with van der Waals surface area (Å²) in [4.78, 5) is 11.1. The number of nitrogens with one attached hydrogen (secondary N) is 1. The minimum absolute atomic E-state index is 0.0169. The number of carbonyl (C=O) groups is 1. The van der Waals surface area contributed by atoms with E-state index < -0.39 is 49.5 Å². The van der Waals surface area contributed by atoms with Gasteiger partial charge in [0, 0.05) is 0 Å². The average Bonchev–Trinajstić information content (AvgIpc) is 2.66. The van der Waals surface area contributed by atoms with Crippen LogP contribution in [0.1, 0.15) is 6.42 Å². The Kier molecular flexibility index (Phi) is 4.70. The number of aliphatic hydroxyl groups is 1. The fourth-order valence-electron chi connectivity index (χ4n) is 1.60. The van der Waals surface area contributed by atoms with Crippen LogP contribution in [0.5, 0.6) is 0 Å². The molecule has 2 N–H and O–H groups in total. The molecular formula is C8H15NO7S2. The third-order valence-electron chi connectivity index (χ3n) is 2.60. The van der Waals surface area contributed by atoms with E-state index in [2.05, 4.69) is 4.74 Å². The number of carbonyl (C=O) groups excluding carboxylic acids is 1. The number of rotatable bonds is 5. The molecule has 1 heterocycles. The molecule has 2 unspecified atom stereocenters. The highest BCUT2D eigenvalue weighted by Crippen LogP contribution is 2.18. The summed E-state index contributed by atoms with van der Waals surface area (Å²) in [5.74, 6) is -1.59. The first-order valence-corrected chi connectivity index (χ1v) is 8.49. The average molecular weight is 301 g/mol. The summed E-state index contributed by atoms with van der Waals surface area (Å²) in [7, 11) is -6.28. The van der Waals surface area contributed by atoms with E-state index in [0.717, 1.165) is 7.11 Å². The van der Waals surface area contributed by atoms with Gasteiger partial charge in [0.15, 0.2) is 9.84 Å². The summed E-state index contributed by atoms with van der Waals surface area (Å²) >= 11 is 0. The van der Waals surface area contributed by atoms with Crippen molar-refractivity contribution < 1.29 is 31.5 Å². The molecule has 0 aliphatic carbocycles. The van der Waals surface area contributed by atoms with Crippen molar-refractivity contribution >= 4 is 25.8 Å². The van der Waals surface area contributed by atoms with Gasteiger partial charge in [-0.15, -0.1) is 0 Å². The maximum Gasteiger partial charge on any atom is 0.326 e. The molecule has 8 nitrogen and oxygen atoms in total. The van der Waals surface area contributed by atoms with Gasteiger partial charge in [-0.3, -0.25) is 4.79 Å². The second-order valence-electron chi connectivity index (χ2n) is 3.95. The Morgan fingerprint density at radius 3 is 2.56 bits per heavy atom. The minimum atomic E-state index is -3.99. The molecule has 1 aliphatic rings. The number of ether oxygens (including phenoxy) is 1. The van der Waals surface area contributed by atoms with Crippen molar-refractivity contribution in [3.05, 3.63) is 0 Å². The van der Waals surface area contributed by atoms with E-state index in [1.54, 1.807) is 0 Å². The summed E-state index contributed by atoms with van der Waals surface area (Å²) in [5, 5.41) is 7.79. The molecule has 0 saturated carbocycles. The molecule has 1 rings (SSSR count). The molecule has 1 aliphatic heterocycles. The second kappa shape index (κ2) is 5.51. The third-order valence-corrected chi connectivity index (χ3v) is 6.48. The van der Waals surface area contributed by atoms with E-state index in [1.165, 1.54) is 0 Å². The topological polar surface area (TPSA) is 127 Å². The van der Waals surface area contributed by atoms with Crippen LogP contribution < -0.4 is 4.72 Å². The van der Waals surface area contributed by atoms with Crippen molar-refractivity contribution in [2.75, 3.05) is 25.2 Å². The van der Waals surface area contributed by atoms with Gasteiger partial charge in [0.05, 0.1) is 30.5 Å². The zero-order valence-electron chi connectivity index (χ0n) is 9.70. The van der Waals surface area contributed by atoms with Crippen molar-refractivity contribution in [3.8, 4) is 0 Å². The molecule has 0 amide bonds. The lowest BCUT2D eigenvalue weighted by Crippen LogP contribution is -2.47. The van der Waals surface area contributed by atoms with Crippen LogP contribution in [0.4, 0.5) is 0 Å². The van der Waals surface area contributed by atoms with Gasteiger partial charge < -0.3 is 9.84 Å².